The Morgan fingerprint density at radius 2 is 2.04 bits per heavy atom. The first-order chi connectivity index (χ1) is 12.2. The van der Waals surface area contributed by atoms with Crippen LogP contribution in [-0.4, -0.2) is 33.6 Å². The third-order valence-corrected chi connectivity index (χ3v) is 5.71. The number of para-hydroxylation sites is 1. The van der Waals surface area contributed by atoms with Gasteiger partial charge in [0.05, 0.1) is 11.9 Å². The molecule has 1 heterocycles. The zero-order valence-electron chi connectivity index (χ0n) is 14.1. The molecular formula is C19H24N4O2. The van der Waals surface area contributed by atoms with Gasteiger partial charge in [0.1, 0.15) is 0 Å². The summed E-state index contributed by atoms with van der Waals surface area (Å²) in [4.78, 5) is 12.3. The van der Waals surface area contributed by atoms with Crippen LogP contribution in [0.2, 0.25) is 0 Å². The first kappa shape index (κ1) is 16.1. The second kappa shape index (κ2) is 6.88. The Morgan fingerprint density at radius 3 is 2.84 bits per heavy atom. The topological polar surface area (TPSA) is 79.2 Å². The van der Waals surface area contributed by atoms with E-state index in [0.717, 1.165) is 24.1 Å². The number of hydrogen-bond acceptors (Lipinski definition) is 3. The van der Waals surface area contributed by atoms with Crippen LogP contribution in [0.25, 0.3) is 5.69 Å². The van der Waals surface area contributed by atoms with Crippen molar-refractivity contribution in [1.82, 2.24) is 20.4 Å². The minimum absolute atomic E-state index is 0.107. The molecule has 2 aliphatic carbocycles. The number of urea groups is 1. The van der Waals surface area contributed by atoms with Crippen LogP contribution in [0.1, 0.15) is 24.8 Å². The number of hydrogen-bond donors (Lipinski definition) is 3. The summed E-state index contributed by atoms with van der Waals surface area (Å²) < 4.78 is 1.80. The third kappa shape index (κ3) is 3.26. The fraction of sp³-hybridized carbons (Fsp3) is 0.474. The highest BCUT2D eigenvalue weighted by molar-refractivity contribution is 5.74. The van der Waals surface area contributed by atoms with E-state index in [1.54, 1.807) is 10.9 Å². The fourth-order valence-electron chi connectivity index (χ4n) is 4.46. The normalized spacial score (nSPS) is 27.4. The second-order valence-electron chi connectivity index (χ2n) is 7.16. The molecule has 1 aromatic carbocycles. The van der Waals surface area contributed by atoms with Crippen LogP contribution in [0.4, 0.5) is 4.79 Å². The summed E-state index contributed by atoms with van der Waals surface area (Å²) in [6.07, 6.45) is 7.18. The van der Waals surface area contributed by atoms with Gasteiger partial charge in [-0.3, -0.25) is 0 Å². The molecule has 3 N–H and O–H groups in total. The van der Waals surface area contributed by atoms with Crippen LogP contribution >= 0.6 is 0 Å². The van der Waals surface area contributed by atoms with Gasteiger partial charge in [-0.25, -0.2) is 9.48 Å². The molecule has 6 heteroatoms. The van der Waals surface area contributed by atoms with Crippen molar-refractivity contribution >= 4 is 6.03 Å². The molecule has 2 amide bonds. The molecule has 0 radical (unpaired) electrons. The van der Waals surface area contributed by atoms with E-state index in [1.807, 2.05) is 36.5 Å². The standard InChI is InChI=1S/C19H24N4O2/c24-12-17-14-6-7-15(8-14)18(17)22-19(25)20-9-13-10-21-23(11-13)16-4-2-1-3-5-16/h1-5,10-11,14-15,17-18,24H,6-9,12H2,(H2,20,22,25). The fourth-order valence-corrected chi connectivity index (χ4v) is 4.46. The molecular weight excluding hydrogens is 316 g/mol. The van der Waals surface area contributed by atoms with Gasteiger partial charge in [-0.2, -0.15) is 5.10 Å². The van der Waals surface area contributed by atoms with Crippen LogP contribution in [0, 0.1) is 17.8 Å². The number of rotatable bonds is 5. The summed E-state index contributed by atoms with van der Waals surface area (Å²) >= 11 is 0. The van der Waals surface area contributed by atoms with Gasteiger partial charge < -0.3 is 15.7 Å². The van der Waals surface area contributed by atoms with Crippen molar-refractivity contribution in [3.05, 3.63) is 48.3 Å². The molecule has 6 nitrogen and oxygen atoms in total. The monoisotopic (exact) mass is 340 g/mol. The van der Waals surface area contributed by atoms with Gasteiger partial charge >= 0.3 is 6.03 Å². The molecule has 25 heavy (non-hydrogen) atoms. The SMILES string of the molecule is O=C(NCc1cnn(-c2ccccc2)c1)NC1C2CCC(C2)C1CO. The second-order valence-corrected chi connectivity index (χ2v) is 7.16. The highest BCUT2D eigenvalue weighted by Gasteiger charge is 2.47. The Kier molecular flexibility index (Phi) is 4.44. The average Bonchev–Trinajstić information content (AvgIpc) is 3.37. The summed E-state index contributed by atoms with van der Waals surface area (Å²) in [5.74, 6) is 1.31. The van der Waals surface area contributed by atoms with Gasteiger partial charge in [0, 0.05) is 36.9 Å². The number of aliphatic hydroxyl groups is 1. The molecule has 2 aliphatic rings. The highest BCUT2D eigenvalue weighted by Crippen LogP contribution is 2.48. The molecule has 1 aromatic heterocycles. The molecule has 2 fully saturated rings. The Morgan fingerprint density at radius 1 is 1.24 bits per heavy atom. The predicted octanol–water partition coefficient (Wildman–Crippen LogP) is 2.08. The number of nitrogens with zero attached hydrogens (tertiary/aromatic N) is 2. The Labute approximate surface area is 147 Å². The number of amides is 2. The first-order valence-corrected chi connectivity index (χ1v) is 8.99. The maximum Gasteiger partial charge on any atom is 0.315 e. The number of nitrogens with one attached hydrogen (secondary N) is 2. The van der Waals surface area contributed by atoms with Crippen molar-refractivity contribution < 1.29 is 9.90 Å². The summed E-state index contributed by atoms with van der Waals surface area (Å²) in [6, 6.07) is 9.82. The highest BCUT2D eigenvalue weighted by atomic mass is 16.3. The summed E-state index contributed by atoms with van der Waals surface area (Å²) in [7, 11) is 0. The molecule has 0 saturated heterocycles. The Hall–Kier alpha value is -2.34. The smallest absolute Gasteiger partial charge is 0.315 e. The van der Waals surface area contributed by atoms with Crippen LogP contribution in [0.15, 0.2) is 42.7 Å². The van der Waals surface area contributed by atoms with E-state index in [2.05, 4.69) is 15.7 Å². The molecule has 132 valence electrons. The minimum atomic E-state index is -0.163. The molecule has 2 bridgehead atoms. The molecule has 2 saturated carbocycles. The Balaban J connectivity index is 1.31. The van der Waals surface area contributed by atoms with Gasteiger partial charge in [-0.1, -0.05) is 18.2 Å². The van der Waals surface area contributed by atoms with E-state index in [4.69, 9.17) is 0 Å². The van der Waals surface area contributed by atoms with E-state index in [-0.39, 0.29) is 24.6 Å². The van der Waals surface area contributed by atoms with Crippen LogP contribution in [0.5, 0.6) is 0 Å². The lowest BCUT2D eigenvalue weighted by molar-refractivity contribution is 0.144. The van der Waals surface area contributed by atoms with E-state index in [1.165, 1.54) is 6.42 Å². The van der Waals surface area contributed by atoms with Crippen molar-refractivity contribution in [3.8, 4) is 5.69 Å². The minimum Gasteiger partial charge on any atom is -0.396 e. The Bertz CT molecular complexity index is 730. The lowest BCUT2D eigenvalue weighted by atomic mass is 9.85. The number of benzene rings is 1. The maximum absolute atomic E-state index is 12.3. The predicted molar refractivity (Wildman–Crippen MR) is 94.1 cm³/mol. The number of carbonyl (C=O) groups excluding carboxylic acids is 1. The van der Waals surface area contributed by atoms with Crippen LogP contribution in [-0.2, 0) is 6.54 Å². The van der Waals surface area contributed by atoms with E-state index < -0.39 is 0 Å². The number of aromatic nitrogens is 2. The molecule has 0 spiro atoms. The van der Waals surface area contributed by atoms with Crippen molar-refractivity contribution in [1.29, 1.82) is 0 Å². The first-order valence-electron chi connectivity index (χ1n) is 8.99. The van der Waals surface area contributed by atoms with Crippen molar-refractivity contribution in [2.75, 3.05) is 6.61 Å². The van der Waals surface area contributed by atoms with Gasteiger partial charge in [0.2, 0.25) is 0 Å². The molecule has 4 atom stereocenters. The zero-order chi connectivity index (χ0) is 17.2. The third-order valence-electron chi connectivity index (χ3n) is 5.71. The van der Waals surface area contributed by atoms with Crippen LogP contribution in [0.3, 0.4) is 0 Å². The lowest BCUT2D eigenvalue weighted by Crippen LogP contribution is -2.48. The van der Waals surface area contributed by atoms with Crippen molar-refractivity contribution in [2.45, 2.75) is 31.8 Å². The van der Waals surface area contributed by atoms with Gasteiger partial charge in [0.25, 0.3) is 0 Å². The quantitative estimate of drug-likeness (QED) is 0.780. The zero-order valence-corrected chi connectivity index (χ0v) is 14.1. The van der Waals surface area contributed by atoms with Gasteiger partial charge in [-0.15, -0.1) is 0 Å². The lowest BCUT2D eigenvalue weighted by Gasteiger charge is -2.30. The molecule has 4 unspecified atom stereocenters. The van der Waals surface area contributed by atoms with Crippen LogP contribution < -0.4 is 10.6 Å². The van der Waals surface area contributed by atoms with Gasteiger partial charge in [0.15, 0.2) is 0 Å². The molecule has 0 aliphatic heterocycles. The van der Waals surface area contributed by atoms with Gasteiger partial charge in [-0.05, 0) is 43.2 Å². The number of aliphatic hydroxyl groups excluding tert-OH is 1. The van der Waals surface area contributed by atoms with E-state index in [0.29, 0.717) is 18.4 Å². The maximum atomic E-state index is 12.3. The van der Waals surface area contributed by atoms with E-state index >= 15 is 0 Å². The molecule has 4 rings (SSSR count). The summed E-state index contributed by atoms with van der Waals surface area (Å²) in [6.45, 7) is 0.596. The number of fused-ring (bicyclic) bond motifs is 2. The van der Waals surface area contributed by atoms with Crippen molar-refractivity contribution in [3.63, 3.8) is 0 Å². The number of carbonyl (C=O) groups is 1. The summed E-state index contributed by atoms with van der Waals surface area (Å²) in [5, 5.41) is 19.9. The van der Waals surface area contributed by atoms with E-state index in [9.17, 15) is 9.90 Å². The average molecular weight is 340 g/mol. The largest absolute Gasteiger partial charge is 0.396 e. The van der Waals surface area contributed by atoms with Crippen molar-refractivity contribution in [2.24, 2.45) is 17.8 Å². The summed E-state index contributed by atoms with van der Waals surface area (Å²) in [5.41, 5.74) is 1.94. The molecule has 2 aromatic rings.